The predicted octanol–water partition coefficient (Wildman–Crippen LogP) is -0.0789. The molecule has 20 heavy (non-hydrogen) atoms. The van der Waals surface area contributed by atoms with Crippen molar-refractivity contribution in [1.82, 2.24) is 15.5 Å². The van der Waals surface area contributed by atoms with Crippen molar-refractivity contribution in [2.45, 2.75) is 6.10 Å². The molecule has 1 aliphatic heterocycles. The SMILES string of the molecule is O[C@@H](CNCCN1CCNCC1)COc1ccccc1. The molecular formula is C15H25N3O2. The number of rotatable bonds is 8. The minimum absolute atomic E-state index is 0.324. The van der Waals surface area contributed by atoms with Gasteiger partial charge in [0.1, 0.15) is 18.5 Å². The van der Waals surface area contributed by atoms with Gasteiger partial charge in [0.15, 0.2) is 0 Å². The summed E-state index contributed by atoms with van der Waals surface area (Å²) >= 11 is 0. The lowest BCUT2D eigenvalue weighted by atomic mass is 10.3. The van der Waals surface area contributed by atoms with Crippen LogP contribution < -0.4 is 15.4 Å². The van der Waals surface area contributed by atoms with Crippen molar-refractivity contribution in [2.75, 3.05) is 52.4 Å². The summed E-state index contributed by atoms with van der Waals surface area (Å²) in [5, 5.41) is 16.5. The van der Waals surface area contributed by atoms with Gasteiger partial charge in [0.05, 0.1) is 0 Å². The first-order valence-electron chi connectivity index (χ1n) is 7.34. The van der Waals surface area contributed by atoms with Gasteiger partial charge in [-0.3, -0.25) is 4.90 Å². The number of hydrogen-bond acceptors (Lipinski definition) is 5. The number of ether oxygens (including phenoxy) is 1. The summed E-state index contributed by atoms with van der Waals surface area (Å²) in [7, 11) is 0. The van der Waals surface area contributed by atoms with E-state index in [-0.39, 0.29) is 0 Å². The van der Waals surface area contributed by atoms with Crippen LogP contribution in [0.4, 0.5) is 0 Å². The van der Waals surface area contributed by atoms with E-state index in [1.165, 1.54) is 0 Å². The maximum Gasteiger partial charge on any atom is 0.119 e. The lowest BCUT2D eigenvalue weighted by Crippen LogP contribution is -2.46. The Bertz CT molecular complexity index is 355. The third-order valence-corrected chi connectivity index (χ3v) is 3.38. The first-order valence-corrected chi connectivity index (χ1v) is 7.34. The topological polar surface area (TPSA) is 56.8 Å². The zero-order valence-electron chi connectivity index (χ0n) is 11.9. The second-order valence-corrected chi connectivity index (χ2v) is 5.07. The number of aliphatic hydroxyl groups excluding tert-OH is 1. The maximum atomic E-state index is 9.84. The van der Waals surface area contributed by atoms with E-state index < -0.39 is 6.10 Å². The highest BCUT2D eigenvalue weighted by atomic mass is 16.5. The zero-order valence-corrected chi connectivity index (χ0v) is 11.9. The zero-order chi connectivity index (χ0) is 14.0. The number of piperazine rings is 1. The minimum atomic E-state index is -0.474. The Morgan fingerprint density at radius 3 is 2.75 bits per heavy atom. The molecule has 0 aromatic heterocycles. The third-order valence-electron chi connectivity index (χ3n) is 3.38. The Morgan fingerprint density at radius 2 is 2.00 bits per heavy atom. The number of hydrogen-bond donors (Lipinski definition) is 3. The molecule has 0 radical (unpaired) electrons. The van der Waals surface area contributed by atoms with Crippen LogP contribution in [-0.2, 0) is 0 Å². The van der Waals surface area contributed by atoms with E-state index in [2.05, 4.69) is 15.5 Å². The van der Waals surface area contributed by atoms with E-state index >= 15 is 0 Å². The van der Waals surface area contributed by atoms with Crippen LogP contribution in [0.3, 0.4) is 0 Å². The first kappa shape index (κ1) is 15.3. The average Bonchev–Trinajstić information content (AvgIpc) is 2.52. The smallest absolute Gasteiger partial charge is 0.119 e. The summed E-state index contributed by atoms with van der Waals surface area (Å²) in [4.78, 5) is 2.43. The van der Waals surface area contributed by atoms with E-state index in [1.54, 1.807) is 0 Å². The molecule has 1 aliphatic rings. The normalized spacial score (nSPS) is 17.9. The number of para-hydroxylation sites is 1. The largest absolute Gasteiger partial charge is 0.491 e. The highest BCUT2D eigenvalue weighted by molar-refractivity contribution is 5.20. The van der Waals surface area contributed by atoms with Crippen LogP contribution in [0.2, 0.25) is 0 Å². The highest BCUT2D eigenvalue weighted by Crippen LogP contribution is 2.08. The number of aliphatic hydroxyl groups is 1. The number of benzene rings is 1. The van der Waals surface area contributed by atoms with E-state index in [9.17, 15) is 5.11 Å². The van der Waals surface area contributed by atoms with Crippen molar-refractivity contribution in [3.63, 3.8) is 0 Å². The summed E-state index contributed by atoms with van der Waals surface area (Å²) < 4.78 is 5.51. The van der Waals surface area contributed by atoms with Crippen molar-refractivity contribution in [2.24, 2.45) is 0 Å². The molecular weight excluding hydrogens is 254 g/mol. The molecule has 2 rings (SSSR count). The number of nitrogens with zero attached hydrogens (tertiary/aromatic N) is 1. The monoisotopic (exact) mass is 279 g/mol. The molecule has 3 N–H and O–H groups in total. The van der Waals surface area contributed by atoms with E-state index in [4.69, 9.17) is 4.74 Å². The van der Waals surface area contributed by atoms with Crippen molar-refractivity contribution >= 4 is 0 Å². The van der Waals surface area contributed by atoms with Crippen LogP contribution in [0.5, 0.6) is 5.75 Å². The average molecular weight is 279 g/mol. The van der Waals surface area contributed by atoms with Gasteiger partial charge in [-0.05, 0) is 12.1 Å². The van der Waals surface area contributed by atoms with Gasteiger partial charge in [0, 0.05) is 45.8 Å². The fraction of sp³-hybridized carbons (Fsp3) is 0.600. The Morgan fingerprint density at radius 1 is 1.25 bits per heavy atom. The van der Waals surface area contributed by atoms with Crippen LogP contribution in [0, 0.1) is 0 Å². The van der Waals surface area contributed by atoms with Crippen LogP contribution in [0.15, 0.2) is 30.3 Å². The van der Waals surface area contributed by atoms with Crippen LogP contribution in [0.1, 0.15) is 0 Å². The molecule has 0 saturated carbocycles. The Kier molecular flexibility index (Phi) is 6.80. The molecule has 0 unspecified atom stereocenters. The van der Waals surface area contributed by atoms with E-state index in [1.807, 2.05) is 30.3 Å². The van der Waals surface area contributed by atoms with Gasteiger partial charge in [-0.2, -0.15) is 0 Å². The van der Waals surface area contributed by atoms with Gasteiger partial charge >= 0.3 is 0 Å². The molecule has 0 bridgehead atoms. The van der Waals surface area contributed by atoms with Gasteiger partial charge in [-0.1, -0.05) is 18.2 Å². The second kappa shape index (κ2) is 8.92. The first-order chi connectivity index (χ1) is 9.84. The molecule has 112 valence electrons. The van der Waals surface area contributed by atoms with Gasteiger partial charge in [0.2, 0.25) is 0 Å². The molecule has 1 atom stereocenters. The lowest BCUT2D eigenvalue weighted by molar-refractivity contribution is 0.105. The van der Waals surface area contributed by atoms with Crippen molar-refractivity contribution in [1.29, 1.82) is 0 Å². The maximum absolute atomic E-state index is 9.84. The Labute approximate surface area is 120 Å². The summed E-state index contributed by atoms with van der Waals surface area (Å²) in [5.74, 6) is 0.798. The predicted molar refractivity (Wildman–Crippen MR) is 80.1 cm³/mol. The Hall–Kier alpha value is -1.14. The molecule has 1 heterocycles. The molecule has 1 aromatic carbocycles. The van der Waals surface area contributed by atoms with Crippen LogP contribution >= 0.6 is 0 Å². The van der Waals surface area contributed by atoms with Crippen LogP contribution in [-0.4, -0.2) is 68.5 Å². The Balaban J connectivity index is 1.50. The van der Waals surface area contributed by atoms with Gasteiger partial charge in [0.25, 0.3) is 0 Å². The third kappa shape index (κ3) is 5.88. The minimum Gasteiger partial charge on any atom is -0.491 e. The second-order valence-electron chi connectivity index (χ2n) is 5.07. The lowest BCUT2D eigenvalue weighted by Gasteiger charge is -2.27. The summed E-state index contributed by atoms with van der Waals surface area (Å²) in [6, 6.07) is 9.58. The standard InChI is InChI=1S/C15H25N3O2/c19-14(13-20-15-4-2-1-3-5-15)12-17-8-11-18-9-6-16-7-10-18/h1-5,14,16-17,19H,6-13H2/t14-/m0/s1. The van der Waals surface area contributed by atoms with E-state index in [0.717, 1.165) is 45.0 Å². The van der Waals surface area contributed by atoms with E-state index in [0.29, 0.717) is 13.2 Å². The van der Waals surface area contributed by atoms with Gasteiger partial charge in [-0.15, -0.1) is 0 Å². The fourth-order valence-electron chi connectivity index (χ4n) is 2.21. The molecule has 5 heteroatoms. The number of nitrogens with one attached hydrogen (secondary N) is 2. The molecule has 1 aromatic rings. The summed E-state index contributed by atoms with van der Waals surface area (Å²) in [5.41, 5.74) is 0. The van der Waals surface area contributed by atoms with Gasteiger partial charge < -0.3 is 20.5 Å². The van der Waals surface area contributed by atoms with Gasteiger partial charge in [-0.25, -0.2) is 0 Å². The van der Waals surface area contributed by atoms with Crippen molar-refractivity contribution in [3.05, 3.63) is 30.3 Å². The molecule has 1 saturated heterocycles. The molecule has 0 spiro atoms. The molecule has 0 amide bonds. The quantitative estimate of drug-likeness (QED) is 0.581. The highest BCUT2D eigenvalue weighted by Gasteiger charge is 2.09. The summed E-state index contributed by atoms with van der Waals surface area (Å²) in [6.45, 7) is 7.21. The van der Waals surface area contributed by atoms with Crippen molar-refractivity contribution < 1.29 is 9.84 Å². The molecule has 0 aliphatic carbocycles. The molecule has 1 fully saturated rings. The van der Waals surface area contributed by atoms with Crippen LogP contribution in [0.25, 0.3) is 0 Å². The summed E-state index contributed by atoms with van der Waals surface area (Å²) in [6.07, 6.45) is -0.474. The van der Waals surface area contributed by atoms with Crippen molar-refractivity contribution in [3.8, 4) is 5.75 Å². The fourth-order valence-corrected chi connectivity index (χ4v) is 2.21. The molecule has 5 nitrogen and oxygen atoms in total.